The minimum absolute atomic E-state index is 0.424. The summed E-state index contributed by atoms with van der Waals surface area (Å²) in [6, 6.07) is 0. The molecule has 0 amide bonds. The predicted molar refractivity (Wildman–Crippen MR) is 66.4 cm³/mol. The average Bonchev–Trinajstić information content (AvgIpc) is 2.25. The van der Waals surface area contributed by atoms with Crippen LogP contribution in [0.5, 0.6) is 0 Å². The number of rotatable bonds is 2. The Bertz CT molecular complexity index is 189. The van der Waals surface area contributed by atoms with Crippen LogP contribution in [0.15, 0.2) is 0 Å². The van der Waals surface area contributed by atoms with Gasteiger partial charge >= 0.3 is 0 Å². The Morgan fingerprint density at radius 2 is 1.87 bits per heavy atom. The van der Waals surface area contributed by atoms with Crippen molar-refractivity contribution >= 4 is 11.6 Å². The summed E-state index contributed by atoms with van der Waals surface area (Å²) in [5.41, 5.74) is 0. The number of hydrogen-bond donors (Lipinski definition) is 0. The molecule has 1 saturated carbocycles. The summed E-state index contributed by atoms with van der Waals surface area (Å²) in [4.78, 5) is 2.65. The van der Waals surface area contributed by atoms with Crippen molar-refractivity contribution in [3.8, 4) is 0 Å². The van der Waals surface area contributed by atoms with Crippen molar-refractivity contribution in [3.05, 3.63) is 0 Å². The summed E-state index contributed by atoms with van der Waals surface area (Å²) in [6.07, 6.45) is 8.52. The standard InChI is InChI=1S/C13H24ClN/c1-11-9-15(8-7-13(11)14)10-12-5-3-2-4-6-12/h11-13H,2-10H2,1H3. The number of halogens is 1. The van der Waals surface area contributed by atoms with Gasteiger partial charge in [0.1, 0.15) is 0 Å². The third-order valence-corrected chi connectivity index (χ3v) is 4.77. The van der Waals surface area contributed by atoms with Crippen LogP contribution < -0.4 is 0 Å². The fourth-order valence-electron chi connectivity index (χ4n) is 3.10. The van der Waals surface area contributed by atoms with Crippen LogP contribution in [-0.4, -0.2) is 29.9 Å². The van der Waals surface area contributed by atoms with E-state index in [-0.39, 0.29) is 0 Å². The molecule has 1 aliphatic carbocycles. The highest BCUT2D eigenvalue weighted by Gasteiger charge is 2.26. The van der Waals surface area contributed by atoms with Crippen molar-refractivity contribution in [2.45, 2.75) is 50.8 Å². The molecule has 2 rings (SSSR count). The monoisotopic (exact) mass is 229 g/mol. The molecule has 0 spiro atoms. The molecule has 15 heavy (non-hydrogen) atoms. The molecule has 88 valence electrons. The first-order valence-corrected chi connectivity index (χ1v) is 7.06. The third-order valence-electron chi connectivity index (χ3n) is 4.13. The number of likely N-dealkylation sites (tertiary alicyclic amines) is 1. The van der Waals surface area contributed by atoms with Gasteiger partial charge in [-0.3, -0.25) is 0 Å². The Morgan fingerprint density at radius 3 is 2.53 bits per heavy atom. The smallest absolute Gasteiger partial charge is 0.0386 e. The van der Waals surface area contributed by atoms with E-state index in [0.29, 0.717) is 11.3 Å². The van der Waals surface area contributed by atoms with E-state index in [1.165, 1.54) is 58.2 Å². The zero-order valence-corrected chi connectivity index (χ0v) is 10.7. The maximum Gasteiger partial charge on any atom is 0.0386 e. The SMILES string of the molecule is CC1CN(CC2CCCCC2)CCC1Cl. The first-order valence-electron chi connectivity index (χ1n) is 6.62. The van der Waals surface area contributed by atoms with Crippen molar-refractivity contribution in [1.29, 1.82) is 0 Å². The minimum Gasteiger partial charge on any atom is -0.303 e. The van der Waals surface area contributed by atoms with Gasteiger partial charge in [0.2, 0.25) is 0 Å². The molecular weight excluding hydrogens is 206 g/mol. The van der Waals surface area contributed by atoms with Crippen molar-refractivity contribution < 1.29 is 0 Å². The molecule has 0 aromatic rings. The molecule has 0 aromatic heterocycles. The van der Waals surface area contributed by atoms with Crippen molar-refractivity contribution in [2.75, 3.05) is 19.6 Å². The Hall–Kier alpha value is 0.250. The van der Waals surface area contributed by atoms with Gasteiger partial charge in [0, 0.05) is 18.5 Å². The van der Waals surface area contributed by atoms with Gasteiger partial charge in [-0.15, -0.1) is 11.6 Å². The van der Waals surface area contributed by atoms with Gasteiger partial charge in [-0.25, -0.2) is 0 Å². The number of alkyl halides is 1. The third kappa shape index (κ3) is 3.35. The molecular formula is C13H24ClN. The zero-order valence-electron chi connectivity index (χ0n) is 9.92. The topological polar surface area (TPSA) is 3.24 Å². The predicted octanol–water partition coefficient (Wildman–Crippen LogP) is 3.52. The van der Waals surface area contributed by atoms with Crippen LogP contribution in [0.4, 0.5) is 0 Å². The minimum atomic E-state index is 0.424. The Balaban J connectivity index is 1.74. The quantitative estimate of drug-likeness (QED) is 0.655. The Morgan fingerprint density at radius 1 is 1.13 bits per heavy atom. The molecule has 0 radical (unpaired) electrons. The van der Waals surface area contributed by atoms with Crippen molar-refractivity contribution in [2.24, 2.45) is 11.8 Å². The number of hydrogen-bond acceptors (Lipinski definition) is 1. The van der Waals surface area contributed by atoms with E-state index in [1.807, 2.05) is 0 Å². The molecule has 2 fully saturated rings. The lowest BCUT2D eigenvalue weighted by Crippen LogP contribution is -2.42. The van der Waals surface area contributed by atoms with E-state index in [0.717, 1.165) is 5.92 Å². The zero-order chi connectivity index (χ0) is 10.7. The summed E-state index contributed by atoms with van der Waals surface area (Å²) in [5, 5.41) is 0.424. The van der Waals surface area contributed by atoms with Crippen LogP contribution in [0.3, 0.4) is 0 Å². The molecule has 0 bridgehead atoms. The second-order valence-electron chi connectivity index (χ2n) is 5.55. The maximum absolute atomic E-state index is 6.25. The van der Waals surface area contributed by atoms with Gasteiger partial charge < -0.3 is 4.90 Å². The van der Waals surface area contributed by atoms with Crippen LogP contribution in [-0.2, 0) is 0 Å². The fraction of sp³-hybridized carbons (Fsp3) is 1.00. The summed E-state index contributed by atoms with van der Waals surface area (Å²) in [6.45, 7) is 6.10. The first-order chi connectivity index (χ1) is 7.25. The van der Waals surface area contributed by atoms with Gasteiger partial charge in [-0.1, -0.05) is 26.2 Å². The summed E-state index contributed by atoms with van der Waals surface area (Å²) in [5.74, 6) is 1.67. The fourth-order valence-corrected chi connectivity index (χ4v) is 3.28. The highest BCUT2D eigenvalue weighted by molar-refractivity contribution is 6.20. The maximum atomic E-state index is 6.25. The highest BCUT2D eigenvalue weighted by atomic mass is 35.5. The van der Waals surface area contributed by atoms with Crippen molar-refractivity contribution in [1.82, 2.24) is 4.90 Å². The van der Waals surface area contributed by atoms with Gasteiger partial charge in [0.05, 0.1) is 0 Å². The molecule has 1 nitrogen and oxygen atoms in total. The molecule has 1 aliphatic heterocycles. The summed E-state index contributed by atoms with van der Waals surface area (Å²) >= 11 is 6.25. The molecule has 2 heteroatoms. The van der Waals surface area contributed by atoms with Gasteiger partial charge in [-0.05, 0) is 37.6 Å². The van der Waals surface area contributed by atoms with E-state index >= 15 is 0 Å². The molecule has 2 aliphatic rings. The summed E-state index contributed by atoms with van der Waals surface area (Å²) in [7, 11) is 0. The highest BCUT2D eigenvalue weighted by Crippen LogP contribution is 2.27. The van der Waals surface area contributed by atoms with Crippen LogP contribution in [0.1, 0.15) is 45.4 Å². The van der Waals surface area contributed by atoms with E-state index < -0.39 is 0 Å². The van der Waals surface area contributed by atoms with E-state index in [2.05, 4.69) is 11.8 Å². The first kappa shape index (κ1) is 11.7. The lowest BCUT2D eigenvalue weighted by Gasteiger charge is -2.37. The second-order valence-corrected chi connectivity index (χ2v) is 6.11. The molecule has 1 heterocycles. The lowest BCUT2D eigenvalue weighted by atomic mass is 9.88. The van der Waals surface area contributed by atoms with E-state index in [4.69, 9.17) is 11.6 Å². The van der Waals surface area contributed by atoms with Gasteiger partial charge in [0.25, 0.3) is 0 Å². The average molecular weight is 230 g/mol. The number of nitrogens with zero attached hydrogens (tertiary/aromatic N) is 1. The Labute approximate surface area is 99.2 Å². The Kier molecular flexibility index (Phi) is 4.33. The number of piperidine rings is 1. The van der Waals surface area contributed by atoms with Crippen LogP contribution in [0, 0.1) is 11.8 Å². The molecule has 0 aromatic carbocycles. The molecule has 2 atom stereocenters. The van der Waals surface area contributed by atoms with Crippen LogP contribution in [0.2, 0.25) is 0 Å². The van der Waals surface area contributed by atoms with E-state index in [9.17, 15) is 0 Å². The van der Waals surface area contributed by atoms with Gasteiger partial charge in [0.15, 0.2) is 0 Å². The van der Waals surface area contributed by atoms with Crippen molar-refractivity contribution in [3.63, 3.8) is 0 Å². The normalized spacial score (nSPS) is 35.6. The molecule has 0 N–H and O–H groups in total. The lowest BCUT2D eigenvalue weighted by molar-refractivity contribution is 0.146. The molecule has 1 saturated heterocycles. The second kappa shape index (κ2) is 5.54. The van der Waals surface area contributed by atoms with E-state index in [1.54, 1.807) is 0 Å². The molecule has 2 unspecified atom stereocenters. The largest absolute Gasteiger partial charge is 0.303 e. The van der Waals surface area contributed by atoms with Crippen LogP contribution >= 0.6 is 11.6 Å². The van der Waals surface area contributed by atoms with Gasteiger partial charge in [-0.2, -0.15) is 0 Å². The summed E-state index contributed by atoms with van der Waals surface area (Å²) < 4.78 is 0. The van der Waals surface area contributed by atoms with Crippen LogP contribution in [0.25, 0.3) is 0 Å².